The number of nitrogens with one attached hydrogen (secondary N) is 3. The molecule has 3 aromatic rings. The van der Waals surface area contributed by atoms with Crippen molar-refractivity contribution in [3.8, 4) is 0 Å². The Balaban J connectivity index is 1.50. The third-order valence-electron chi connectivity index (χ3n) is 5.23. The molecule has 1 amide bonds. The van der Waals surface area contributed by atoms with Gasteiger partial charge in [-0.15, -0.1) is 0 Å². The molecule has 27 heavy (non-hydrogen) atoms. The van der Waals surface area contributed by atoms with Crippen LogP contribution in [-0.2, 0) is 0 Å². The number of amides is 1. The van der Waals surface area contributed by atoms with Gasteiger partial charge in [-0.2, -0.15) is 5.10 Å². The van der Waals surface area contributed by atoms with Gasteiger partial charge in [0.2, 0.25) is 0 Å². The molecule has 2 aromatic heterocycles. The Kier molecular flexibility index (Phi) is 4.01. The second-order valence-electron chi connectivity index (χ2n) is 7.23. The van der Waals surface area contributed by atoms with Gasteiger partial charge in [0.25, 0.3) is 5.91 Å². The van der Waals surface area contributed by atoms with E-state index in [9.17, 15) is 4.79 Å². The Bertz CT molecular complexity index is 987. The predicted octanol–water partition coefficient (Wildman–Crippen LogP) is 2.62. The number of aromatic amines is 1. The minimum atomic E-state index is -0.0222. The molecule has 0 unspecified atom stereocenters. The summed E-state index contributed by atoms with van der Waals surface area (Å²) >= 11 is 0. The first kappa shape index (κ1) is 16.3. The molecule has 7 heteroatoms. The number of hydrogen-bond donors (Lipinski definition) is 3. The lowest BCUT2D eigenvalue weighted by molar-refractivity contribution is 0.0730. The molecule has 0 atom stereocenters. The monoisotopic (exact) mass is 362 g/mol. The maximum atomic E-state index is 12.9. The summed E-state index contributed by atoms with van der Waals surface area (Å²) < 4.78 is 0. The first-order valence-electron chi connectivity index (χ1n) is 9.50. The molecule has 1 saturated heterocycles. The van der Waals surface area contributed by atoms with Crippen molar-refractivity contribution < 1.29 is 4.79 Å². The first-order valence-corrected chi connectivity index (χ1v) is 9.50. The molecule has 1 saturated carbocycles. The van der Waals surface area contributed by atoms with E-state index in [-0.39, 0.29) is 5.91 Å². The highest BCUT2D eigenvalue weighted by molar-refractivity contribution is 6.00. The molecule has 7 nitrogen and oxygen atoms in total. The summed E-state index contributed by atoms with van der Waals surface area (Å²) in [6, 6.07) is 11.9. The SMILES string of the molecule is O=C(c1cc2ccccc2c(Nc2cc(C3CC3)[nH]n2)n1)N1CCNCC1. The molecule has 1 aromatic carbocycles. The number of carbonyl (C=O) groups is 1. The van der Waals surface area contributed by atoms with Gasteiger partial charge in [0.15, 0.2) is 5.82 Å². The third kappa shape index (κ3) is 3.26. The Labute approximate surface area is 157 Å². The van der Waals surface area contributed by atoms with Crippen LogP contribution < -0.4 is 10.6 Å². The third-order valence-corrected chi connectivity index (χ3v) is 5.23. The van der Waals surface area contributed by atoms with Gasteiger partial charge in [0.1, 0.15) is 11.5 Å². The number of benzene rings is 1. The van der Waals surface area contributed by atoms with Crippen LogP contribution in [0.4, 0.5) is 11.6 Å². The second kappa shape index (κ2) is 6.66. The Morgan fingerprint density at radius 3 is 2.78 bits per heavy atom. The number of fused-ring (bicyclic) bond motifs is 1. The summed E-state index contributed by atoms with van der Waals surface area (Å²) in [5.74, 6) is 1.99. The van der Waals surface area contributed by atoms with Crippen LogP contribution in [0.3, 0.4) is 0 Å². The topological polar surface area (TPSA) is 85.9 Å². The van der Waals surface area contributed by atoms with Crippen molar-refractivity contribution in [3.63, 3.8) is 0 Å². The van der Waals surface area contributed by atoms with Gasteiger partial charge in [-0.1, -0.05) is 24.3 Å². The highest BCUT2D eigenvalue weighted by Crippen LogP contribution is 2.39. The van der Waals surface area contributed by atoms with Gasteiger partial charge in [0.05, 0.1) is 0 Å². The smallest absolute Gasteiger partial charge is 0.272 e. The van der Waals surface area contributed by atoms with Crippen LogP contribution in [0.25, 0.3) is 10.8 Å². The maximum absolute atomic E-state index is 12.9. The molecule has 138 valence electrons. The van der Waals surface area contributed by atoms with Gasteiger partial charge in [-0.25, -0.2) is 4.98 Å². The van der Waals surface area contributed by atoms with E-state index >= 15 is 0 Å². The van der Waals surface area contributed by atoms with Crippen LogP contribution in [0.1, 0.15) is 34.9 Å². The number of H-pyrrole nitrogens is 1. The highest BCUT2D eigenvalue weighted by atomic mass is 16.2. The zero-order chi connectivity index (χ0) is 18.2. The number of rotatable bonds is 4. The molecule has 2 fully saturated rings. The van der Waals surface area contributed by atoms with Crippen LogP contribution in [-0.4, -0.2) is 52.2 Å². The molecule has 0 bridgehead atoms. The Morgan fingerprint density at radius 2 is 1.96 bits per heavy atom. The normalized spacial score (nSPS) is 17.3. The number of pyridine rings is 1. The van der Waals surface area contributed by atoms with E-state index in [2.05, 4.69) is 25.8 Å². The fourth-order valence-corrected chi connectivity index (χ4v) is 3.56. The number of aromatic nitrogens is 3. The average Bonchev–Trinajstić information content (AvgIpc) is 3.47. The summed E-state index contributed by atoms with van der Waals surface area (Å²) in [6.07, 6.45) is 2.44. The number of anilines is 2. The van der Waals surface area contributed by atoms with Crippen molar-refractivity contribution in [1.82, 2.24) is 25.4 Å². The fourth-order valence-electron chi connectivity index (χ4n) is 3.56. The quantitative estimate of drug-likeness (QED) is 0.664. The molecule has 3 heterocycles. The van der Waals surface area contributed by atoms with Crippen LogP contribution in [0.15, 0.2) is 36.4 Å². The Hall–Kier alpha value is -2.93. The van der Waals surface area contributed by atoms with Crippen LogP contribution in [0.5, 0.6) is 0 Å². The van der Waals surface area contributed by atoms with Crippen molar-refractivity contribution in [2.45, 2.75) is 18.8 Å². The number of piperazine rings is 1. The van der Waals surface area contributed by atoms with E-state index in [1.807, 2.05) is 41.3 Å². The van der Waals surface area contributed by atoms with Crippen molar-refractivity contribution in [2.75, 3.05) is 31.5 Å². The van der Waals surface area contributed by atoms with E-state index in [4.69, 9.17) is 0 Å². The zero-order valence-electron chi connectivity index (χ0n) is 15.0. The zero-order valence-corrected chi connectivity index (χ0v) is 15.0. The summed E-state index contributed by atoms with van der Waals surface area (Å²) in [4.78, 5) is 19.5. The van der Waals surface area contributed by atoms with Gasteiger partial charge >= 0.3 is 0 Å². The number of hydrogen-bond acceptors (Lipinski definition) is 5. The van der Waals surface area contributed by atoms with Crippen LogP contribution in [0.2, 0.25) is 0 Å². The van der Waals surface area contributed by atoms with Gasteiger partial charge < -0.3 is 15.5 Å². The highest BCUT2D eigenvalue weighted by Gasteiger charge is 2.26. The van der Waals surface area contributed by atoms with Crippen molar-refractivity contribution >= 4 is 28.3 Å². The van der Waals surface area contributed by atoms with Crippen molar-refractivity contribution in [3.05, 3.63) is 47.8 Å². The summed E-state index contributed by atoms with van der Waals surface area (Å²) in [5, 5.41) is 16.0. The van der Waals surface area contributed by atoms with Gasteiger partial charge in [-0.05, 0) is 24.3 Å². The van der Waals surface area contributed by atoms with E-state index in [0.29, 0.717) is 30.5 Å². The van der Waals surface area contributed by atoms with E-state index in [0.717, 1.165) is 35.4 Å². The minimum Gasteiger partial charge on any atom is -0.335 e. The molecule has 2 aliphatic rings. The molecule has 0 radical (unpaired) electrons. The molecular formula is C20H22N6O. The lowest BCUT2D eigenvalue weighted by Crippen LogP contribution is -2.46. The molecular weight excluding hydrogens is 340 g/mol. The second-order valence-corrected chi connectivity index (χ2v) is 7.23. The molecule has 0 spiro atoms. The summed E-state index contributed by atoms with van der Waals surface area (Å²) in [6.45, 7) is 3.06. The predicted molar refractivity (Wildman–Crippen MR) is 104 cm³/mol. The average molecular weight is 362 g/mol. The standard InChI is InChI=1S/C20H22N6O/c27-20(26-9-7-21-8-10-26)17-11-14-3-1-2-4-15(14)19(22-17)23-18-12-16(24-25-18)13-5-6-13/h1-4,11-13,21H,5-10H2,(H2,22,23,24,25). The largest absolute Gasteiger partial charge is 0.335 e. The van der Waals surface area contributed by atoms with Crippen molar-refractivity contribution in [1.29, 1.82) is 0 Å². The molecule has 1 aliphatic heterocycles. The number of nitrogens with zero attached hydrogens (tertiary/aromatic N) is 3. The Morgan fingerprint density at radius 1 is 1.15 bits per heavy atom. The summed E-state index contributed by atoms with van der Waals surface area (Å²) in [5.41, 5.74) is 1.63. The lowest BCUT2D eigenvalue weighted by atomic mass is 10.1. The molecule has 3 N–H and O–H groups in total. The molecule has 5 rings (SSSR count). The van der Waals surface area contributed by atoms with Gasteiger partial charge in [0, 0.05) is 49.2 Å². The first-order chi connectivity index (χ1) is 13.3. The maximum Gasteiger partial charge on any atom is 0.272 e. The minimum absolute atomic E-state index is 0.0222. The summed E-state index contributed by atoms with van der Waals surface area (Å²) in [7, 11) is 0. The van der Waals surface area contributed by atoms with Crippen LogP contribution >= 0.6 is 0 Å². The van der Waals surface area contributed by atoms with Gasteiger partial charge in [-0.3, -0.25) is 9.89 Å². The van der Waals surface area contributed by atoms with Crippen LogP contribution in [0, 0.1) is 0 Å². The van der Waals surface area contributed by atoms with Crippen molar-refractivity contribution in [2.24, 2.45) is 0 Å². The van der Waals surface area contributed by atoms with E-state index < -0.39 is 0 Å². The molecule has 1 aliphatic carbocycles. The number of carbonyl (C=O) groups excluding carboxylic acids is 1. The fraction of sp³-hybridized carbons (Fsp3) is 0.350. The lowest BCUT2D eigenvalue weighted by Gasteiger charge is -2.27. The van der Waals surface area contributed by atoms with E-state index in [1.54, 1.807) is 0 Å². The van der Waals surface area contributed by atoms with E-state index in [1.165, 1.54) is 12.8 Å².